The van der Waals surface area contributed by atoms with E-state index in [0.29, 0.717) is 4.77 Å². The molecule has 0 saturated carbocycles. The number of aromatic nitrogens is 5. The van der Waals surface area contributed by atoms with E-state index < -0.39 is 0 Å². The number of benzene rings is 3. The second kappa shape index (κ2) is 9.18. The molecule has 0 fully saturated rings. The third kappa shape index (κ3) is 4.31. The van der Waals surface area contributed by atoms with Crippen molar-refractivity contribution in [3.05, 3.63) is 107 Å². The number of nitrogens with zero attached hydrogens (tertiary/aromatic N) is 5. The highest BCUT2D eigenvalue weighted by atomic mass is 32.1. The van der Waals surface area contributed by atoms with Crippen molar-refractivity contribution in [3.8, 4) is 28.2 Å². The largest absolute Gasteiger partial charge is 0.250 e. The maximum atomic E-state index is 5.26. The van der Waals surface area contributed by atoms with Crippen LogP contribution in [0.1, 0.15) is 18.3 Å². The number of hydrogen-bond acceptors (Lipinski definition) is 4. The highest BCUT2D eigenvalue weighted by Crippen LogP contribution is 2.28. The van der Waals surface area contributed by atoms with Crippen LogP contribution in [-0.4, -0.2) is 30.9 Å². The van der Waals surface area contributed by atoms with E-state index in [1.54, 1.807) is 10.9 Å². The van der Waals surface area contributed by atoms with Gasteiger partial charge >= 0.3 is 0 Å². The van der Waals surface area contributed by atoms with Crippen LogP contribution in [0.3, 0.4) is 0 Å². The van der Waals surface area contributed by atoms with E-state index in [9.17, 15) is 0 Å². The van der Waals surface area contributed by atoms with E-state index in [0.717, 1.165) is 46.0 Å². The Labute approximate surface area is 196 Å². The number of rotatable bonds is 6. The number of aromatic amines is 1. The molecule has 0 unspecified atom stereocenters. The summed E-state index contributed by atoms with van der Waals surface area (Å²) in [4.78, 5) is 0. The van der Waals surface area contributed by atoms with Crippen LogP contribution in [0.5, 0.6) is 0 Å². The minimum atomic E-state index is 0.484. The van der Waals surface area contributed by atoms with Gasteiger partial charge in [0.1, 0.15) is 0 Å². The lowest BCUT2D eigenvalue weighted by Crippen LogP contribution is -2.00. The molecule has 0 amide bonds. The Morgan fingerprint density at radius 1 is 0.909 bits per heavy atom. The normalized spacial score (nSPS) is 11.3. The third-order valence-corrected chi connectivity index (χ3v) is 5.61. The lowest BCUT2D eigenvalue weighted by molar-refractivity contribution is 0.780. The fourth-order valence-electron chi connectivity index (χ4n) is 3.64. The Morgan fingerprint density at radius 3 is 2.24 bits per heavy atom. The molecule has 0 radical (unpaired) electrons. The summed E-state index contributed by atoms with van der Waals surface area (Å²) in [6, 6.07) is 30.8. The molecule has 1 N–H and O–H groups in total. The van der Waals surface area contributed by atoms with Crippen LogP contribution >= 0.6 is 12.2 Å². The first-order valence-electron chi connectivity index (χ1n) is 10.7. The van der Waals surface area contributed by atoms with Gasteiger partial charge in [0.05, 0.1) is 23.3 Å². The second-order valence-corrected chi connectivity index (χ2v) is 7.89. The first-order chi connectivity index (χ1) is 16.2. The summed E-state index contributed by atoms with van der Waals surface area (Å²) in [5.74, 6) is 0.797. The molecule has 5 rings (SSSR count). The number of hydrogen-bond donors (Lipinski definition) is 1. The molecule has 33 heavy (non-hydrogen) atoms. The summed E-state index contributed by atoms with van der Waals surface area (Å²) >= 11 is 5.26. The molecule has 5 aromatic rings. The van der Waals surface area contributed by atoms with Gasteiger partial charge in [-0.15, -0.1) is 0 Å². The predicted molar refractivity (Wildman–Crippen MR) is 134 cm³/mol. The van der Waals surface area contributed by atoms with Gasteiger partial charge in [0.15, 0.2) is 5.82 Å². The van der Waals surface area contributed by atoms with Crippen molar-refractivity contribution < 1.29 is 0 Å². The maximum absolute atomic E-state index is 5.26. The Balaban J connectivity index is 1.51. The molecule has 2 aromatic heterocycles. The molecule has 0 atom stereocenters. The van der Waals surface area contributed by atoms with Crippen LogP contribution < -0.4 is 0 Å². The zero-order chi connectivity index (χ0) is 22.6. The second-order valence-electron chi connectivity index (χ2n) is 7.51. The molecule has 3 aromatic carbocycles. The highest BCUT2D eigenvalue weighted by molar-refractivity contribution is 7.71. The average Bonchev–Trinajstić information content (AvgIpc) is 3.48. The quantitative estimate of drug-likeness (QED) is 0.259. The highest BCUT2D eigenvalue weighted by Gasteiger charge is 2.13. The van der Waals surface area contributed by atoms with Crippen LogP contribution in [0.25, 0.3) is 28.2 Å². The Bertz CT molecular complexity index is 1440. The van der Waals surface area contributed by atoms with E-state index in [-0.39, 0.29) is 0 Å². The summed E-state index contributed by atoms with van der Waals surface area (Å²) < 4.78 is 4.12. The monoisotopic (exact) mass is 450 g/mol. The number of aryl methyl sites for hydroxylation is 1. The van der Waals surface area contributed by atoms with Crippen molar-refractivity contribution in [2.75, 3.05) is 0 Å². The topological polar surface area (TPSA) is 63.8 Å². The molecule has 162 valence electrons. The Kier molecular flexibility index (Phi) is 5.78. The maximum Gasteiger partial charge on any atom is 0.216 e. The van der Waals surface area contributed by atoms with Gasteiger partial charge in [0.2, 0.25) is 4.77 Å². The van der Waals surface area contributed by atoms with Crippen LogP contribution in [0.15, 0.2) is 96.1 Å². The number of nitrogens with one attached hydrogen (secondary N) is 1. The van der Waals surface area contributed by atoms with Crippen molar-refractivity contribution in [1.82, 2.24) is 24.7 Å². The fourth-order valence-corrected chi connectivity index (χ4v) is 3.84. The summed E-state index contributed by atoms with van der Waals surface area (Å²) in [5.41, 5.74) is 6.10. The van der Waals surface area contributed by atoms with Crippen LogP contribution in [0.4, 0.5) is 0 Å². The molecule has 0 aliphatic carbocycles. The fraction of sp³-hybridized carbons (Fsp3) is 0.0769. The molecule has 0 saturated heterocycles. The summed E-state index contributed by atoms with van der Waals surface area (Å²) in [5, 5.41) is 16.4. The third-order valence-electron chi connectivity index (χ3n) is 5.34. The average molecular weight is 451 g/mol. The van der Waals surface area contributed by atoms with Gasteiger partial charge in [-0.05, 0) is 36.0 Å². The molecule has 0 aliphatic rings. The van der Waals surface area contributed by atoms with Crippen molar-refractivity contribution in [1.29, 1.82) is 0 Å². The van der Waals surface area contributed by atoms with E-state index in [2.05, 4.69) is 45.6 Å². The molecule has 0 bridgehead atoms. The lowest BCUT2D eigenvalue weighted by atomic mass is 10.1. The zero-order valence-electron chi connectivity index (χ0n) is 18.1. The smallest absolute Gasteiger partial charge is 0.216 e. The van der Waals surface area contributed by atoms with Crippen LogP contribution in [0, 0.1) is 4.77 Å². The lowest BCUT2D eigenvalue weighted by Gasteiger charge is -2.08. The van der Waals surface area contributed by atoms with Crippen molar-refractivity contribution in [2.45, 2.75) is 13.3 Å². The summed E-state index contributed by atoms with van der Waals surface area (Å²) in [7, 11) is 0. The molecule has 0 spiro atoms. The van der Waals surface area contributed by atoms with Gasteiger partial charge < -0.3 is 0 Å². The molecular formula is C26H22N6S. The van der Waals surface area contributed by atoms with Gasteiger partial charge in [0.25, 0.3) is 0 Å². The summed E-state index contributed by atoms with van der Waals surface area (Å²) in [6.45, 7) is 2.02. The van der Waals surface area contributed by atoms with E-state index >= 15 is 0 Å². The minimum Gasteiger partial charge on any atom is -0.250 e. The molecule has 0 aliphatic heterocycles. The van der Waals surface area contributed by atoms with Crippen LogP contribution in [0.2, 0.25) is 0 Å². The first kappa shape index (κ1) is 20.8. The van der Waals surface area contributed by atoms with E-state index in [1.165, 1.54) is 0 Å². The van der Waals surface area contributed by atoms with Crippen molar-refractivity contribution >= 4 is 18.4 Å². The van der Waals surface area contributed by atoms with Gasteiger partial charge in [0, 0.05) is 17.5 Å². The van der Waals surface area contributed by atoms with Gasteiger partial charge in [-0.25, -0.2) is 4.68 Å². The van der Waals surface area contributed by atoms with Crippen molar-refractivity contribution in [3.63, 3.8) is 0 Å². The van der Waals surface area contributed by atoms with E-state index in [4.69, 9.17) is 17.3 Å². The zero-order valence-corrected chi connectivity index (χ0v) is 18.9. The SMILES string of the molecule is CCc1n[nH]c(=S)n1/N=C/c1ccc(-n2nc(-c3ccccc3)cc2-c2ccccc2)cc1. The van der Waals surface area contributed by atoms with Crippen molar-refractivity contribution in [2.24, 2.45) is 5.10 Å². The van der Waals surface area contributed by atoms with Gasteiger partial charge in [-0.2, -0.15) is 20.0 Å². The standard InChI is InChI=1S/C26H22N6S/c1-2-25-28-29-26(33)32(25)27-18-19-13-15-22(16-14-19)31-24(21-11-7-4-8-12-21)17-23(30-31)20-9-5-3-6-10-20/h3-18H,2H2,1H3,(H,29,33)/b27-18+. The summed E-state index contributed by atoms with van der Waals surface area (Å²) in [6.07, 6.45) is 2.53. The predicted octanol–water partition coefficient (Wildman–Crippen LogP) is 5.90. The number of H-pyrrole nitrogens is 1. The molecular weight excluding hydrogens is 428 g/mol. The minimum absolute atomic E-state index is 0.484. The molecule has 2 heterocycles. The molecule has 6 nitrogen and oxygen atoms in total. The van der Waals surface area contributed by atoms with Crippen LogP contribution in [-0.2, 0) is 6.42 Å². The molecule has 7 heteroatoms. The first-order valence-corrected chi connectivity index (χ1v) is 11.2. The van der Waals surface area contributed by atoms with Gasteiger partial charge in [-0.1, -0.05) is 79.7 Å². The van der Waals surface area contributed by atoms with E-state index in [1.807, 2.05) is 72.3 Å². The Morgan fingerprint density at radius 2 is 1.58 bits per heavy atom. The van der Waals surface area contributed by atoms with Gasteiger partial charge in [-0.3, -0.25) is 5.10 Å². The Hall–Kier alpha value is -4.10.